The van der Waals surface area contributed by atoms with Crippen LogP contribution in [-0.2, 0) is 6.42 Å². The topological polar surface area (TPSA) is 57.7 Å². The average molecular weight is 303 g/mol. The fourth-order valence-corrected chi connectivity index (χ4v) is 2.72. The van der Waals surface area contributed by atoms with E-state index in [1.807, 2.05) is 42.3 Å². The van der Waals surface area contributed by atoms with Crippen LogP contribution in [0, 0.1) is 0 Å². The largest absolute Gasteiger partial charge is 0.342 e. The highest BCUT2D eigenvalue weighted by atomic mass is 15.3. The van der Waals surface area contributed by atoms with Crippen molar-refractivity contribution in [2.24, 2.45) is 0 Å². The van der Waals surface area contributed by atoms with Gasteiger partial charge in [-0.1, -0.05) is 48.5 Å². The Bertz CT molecular complexity index is 945. The minimum absolute atomic E-state index is 0.639. The van der Waals surface area contributed by atoms with Gasteiger partial charge >= 0.3 is 0 Å². The Morgan fingerprint density at radius 2 is 1.74 bits per heavy atom. The number of hydrogen-bond acceptors (Lipinski definition) is 4. The molecule has 23 heavy (non-hydrogen) atoms. The zero-order chi connectivity index (χ0) is 15.6. The summed E-state index contributed by atoms with van der Waals surface area (Å²) in [5.41, 5.74) is 3.94. The van der Waals surface area contributed by atoms with Crippen LogP contribution in [0.5, 0.6) is 0 Å². The number of rotatable bonds is 4. The van der Waals surface area contributed by atoms with Gasteiger partial charge in [0.15, 0.2) is 5.65 Å². The molecule has 5 nitrogen and oxygen atoms in total. The van der Waals surface area contributed by atoms with E-state index < -0.39 is 0 Å². The molecule has 1 N–H and O–H groups in total. The van der Waals surface area contributed by atoms with Crippen LogP contribution in [0.1, 0.15) is 5.56 Å². The lowest BCUT2D eigenvalue weighted by atomic mass is 10.1. The maximum atomic E-state index is 4.62. The van der Waals surface area contributed by atoms with Gasteiger partial charge in [-0.3, -0.25) is 0 Å². The highest BCUT2D eigenvalue weighted by molar-refractivity contribution is 6.03. The van der Waals surface area contributed by atoms with Gasteiger partial charge in [0.2, 0.25) is 5.95 Å². The molecule has 0 aliphatic rings. The third-order valence-corrected chi connectivity index (χ3v) is 4.03. The molecule has 0 saturated carbocycles. The van der Waals surface area contributed by atoms with E-state index in [0.717, 1.165) is 35.0 Å². The first kappa shape index (κ1) is 13.7. The molecule has 0 bridgehead atoms. The molecule has 0 unspecified atom stereocenters. The molecule has 0 amide bonds. The Kier molecular flexibility index (Phi) is 3.38. The summed E-state index contributed by atoms with van der Waals surface area (Å²) in [6, 6.07) is 18.5. The van der Waals surface area contributed by atoms with E-state index in [-0.39, 0.29) is 0 Å². The van der Waals surface area contributed by atoms with Crippen LogP contribution in [-0.4, -0.2) is 33.8 Å². The first-order chi connectivity index (χ1) is 11.3. The van der Waals surface area contributed by atoms with Gasteiger partial charge in [-0.25, -0.2) is 0 Å². The number of benzene rings is 2. The fourth-order valence-electron chi connectivity index (χ4n) is 2.72. The molecular weight excluding hydrogens is 286 g/mol. The van der Waals surface area contributed by atoms with Crippen LogP contribution in [0.2, 0.25) is 0 Å². The summed E-state index contributed by atoms with van der Waals surface area (Å²) in [5, 5.41) is 9.70. The van der Waals surface area contributed by atoms with Crippen molar-refractivity contribution in [3.63, 3.8) is 0 Å². The van der Waals surface area contributed by atoms with Gasteiger partial charge in [0.1, 0.15) is 5.52 Å². The lowest BCUT2D eigenvalue weighted by molar-refractivity contribution is 0.822. The Balaban J connectivity index is 1.59. The zero-order valence-corrected chi connectivity index (χ0v) is 12.9. The van der Waals surface area contributed by atoms with Gasteiger partial charge in [-0.15, -0.1) is 10.2 Å². The van der Waals surface area contributed by atoms with Crippen LogP contribution in [0.15, 0.2) is 54.6 Å². The Labute approximate surface area is 134 Å². The molecule has 2 heterocycles. The molecule has 0 atom stereocenters. The summed E-state index contributed by atoms with van der Waals surface area (Å²) >= 11 is 0. The van der Waals surface area contributed by atoms with E-state index in [4.69, 9.17) is 0 Å². The molecule has 114 valence electrons. The number of fused-ring (bicyclic) bond motifs is 3. The number of hydrogen-bond donors (Lipinski definition) is 1. The van der Waals surface area contributed by atoms with Crippen LogP contribution >= 0.6 is 0 Å². The lowest BCUT2D eigenvalue weighted by Gasteiger charge is -2.16. The second kappa shape index (κ2) is 5.68. The summed E-state index contributed by atoms with van der Waals surface area (Å²) in [4.78, 5) is 9.96. The van der Waals surface area contributed by atoms with Crippen LogP contribution in [0.25, 0.3) is 22.1 Å². The van der Waals surface area contributed by atoms with Gasteiger partial charge < -0.3 is 9.88 Å². The molecule has 4 rings (SSSR count). The second-order valence-corrected chi connectivity index (χ2v) is 5.64. The summed E-state index contributed by atoms with van der Waals surface area (Å²) < 4.78 is 0. The fraction of sp³-hybridized carbons (Fsp3) is 0.167. The number of H-pyrrole nitrogens is 1. The first-order valence-corrected chi connectivity index (χ1v) is 7.67. The maximum Gasteiger partial charge on any atom is 0.247 e. The highest BCUT2D eigenvalue weighted by Crippen LogP contribution is 2.22. The maximum absolute atomic E-state index is 4.62. The van der Waals surface area contributed by atoms with Gasteiger partial charge in [0, 0.05) is 24.5 Å². The smallest absolute Gasteiger partial charge is 0.247 e. The number of aromatic nitrogens is 4. The number of nitrogens with one attached hydrogen (secondary N) is 1. The molecule has 0 spiro atoms. The summed E-state index contributed by atoms with van der Waals surface area (Å²) in [5.74, 6) is 0.639. The lowest BCUT2D eigenvalue weighted by Crippen LogP contribution is -2.23. The number of likely N-dealkylation sites (N-methyl/N-ethyl adjacent to an activating group) is 1. The van der Waals surface area contributed by atoms with Crippen molar-refractivity contribution in [1.82, 2.24) is 20.2 Å². The minimum Gasteiger partial charge on any atom is -0.342 e. The Morgan fingerprint density at radius 1 is 0.957 bits per heavy atom. The van der Waals surface area contributed by atoms with Crippen molar-refractivity contribution < 1.29 is 0 Å². The monoisotopic (exact) mass is 303 g/mol. The highest BCUT2D eigenvalue weighted by Gasteiger charge is 2.11. The van der Waals surface area contributed by atoms with Crippen molar-refractivity contribution in [2.45, 2.75) is 6.42 Å². The predicted octanol–water partition coefficient (Wildman–Crippen LogP) is 3.19. The minimum atomic E-state index is 0.639. The van der Waals surface area contributed by atoms with Gasteiger partial charge in [-0.05, 0) is 18.1 Å². The molecule has 4 aromatic rings. The molecule has 0 radical (unpaired) electrons. The molecular formula is C18H17N5. The van der Waals surface area contributed by atoms with E-state index in [9.17, 15) is 0 Å². The summed E-state index contributed by atoms with van der Waals surface area (Å²) in [6.45, 7) is 0.845. The second-order valence-electron chi connectivity index (χ2n) is 5.64. The normalized spacial score (nSPS) is 11.2. The van der Waals surface area contributed by atoms with Gasteiger partial charge in [-0.2, -0.15) is 4.98 Å². The Hall–Kier alpha value is -2.95. The molecule has 0 saturated heterocycles. The number of nitrogens with zero attached hydrogens (tertiary/aromatic N) is 4. The SMILES string of the molecule is CN(CCc1ccccc1)c1nnc2c(n1)[nH]c1ccccc12. The predicted molar refractivity (Wildman–Crippen MR) is 92.6 cm³/mol. The van der Waals surface area contributed by atoms with Gasteiger partial charge in [0.25, 0.3) is 0 Å². The average Bonchev–Trinajstić information content (AvgIpc) is 2.98. The van der Waals surface area contributed by atoms with E-state index in [2.05, 4.69) is 44.4 Å². The van der Waals surface area contributed by atoms with Crippen molar-refractivity contribution in [3.8, 4) is 0 Å². The van der Waals surface area contributed by atoms with Crippen LogP contribution in [0.4, 0.5) is 5.95 Å². The quantitative estimate of drug-likeness (QED) is 0.629. The van der Waals surface area contributed by atoms with Crippen molar-refractivity contribution in [3.05, 3.63) is 60.2 Å². The third-order valence-electron chi connectivity index (χ3n) is 4.03. The molecule has 2 aromatic heterocycles. The number of anilines is 1. The Morgan fingerprint density at radius 3 is 2.61 bits per heavy atom. The van der Waals surface area contributed by atoms with E-state index in [1.54, 1.807) is 0 Å². The van der Waals surface area contributed by atoms with E-state index >= 15 is 0 Å². The standard InChI is InChI=1S/C18H17N5/c1-23(12-11-13-7-3-2-4-8-13)18-20-17-16(21-22-18)14-9-5-6-10-15(14)19-17/h2-10H,11-12H2,1H3,(H,19,20,22). The van der Waals surface area contributed by atoms with Crippen LogP contribution in [0.3, 0.4) is 0 Å². The zero-order valence-electron chi connectivity index (χ0n) is 12.9. The third kappa shape index (κ3) is 2.61. The molecule has 2 aromatic carbocycles. The van der Waals surface area contributed by atoms with Crippen molar-refractivity contribution in [1.29, 1.82) is 0 Å². The van der Waals surface area contributed by atoms with E-state index in [0.29, 0.717) is 5.95 Å². The van der Waals surface area contributed by atoms with Crippen molar-refractivity contribution in [2.75, 3.05) is 18.5 Å². The van der Waals surface area contributed by atoms with Crippen LogP contribution < -0.4 is 4.90 Å². The molecule has 0 aliphatic carbocycles. The molecule has 5 heteroatoms. The van der Waals surface area contributed by atoms with Crippen molar-refractivity contribution >= 4 is 28.0 Å². The summed E-state index contributed by atoms with van der Waals surface area (Å²) in [6.07, 6.45) is 0.950. The number of aromatic amines is 1. The number of para-hydroxylation sites is 1. The summed E-state index contributed by atoms with van der Waals surface area (Å²) in [7, 11) is 1.99. The van der Waals surface area contributed by atoms with Gasteiger partial charge in [0.05, 0.1) is 0 Å². The molecule has 0 aliphatic heterocycles. The first-order valence-electron chi connectivity index (χ1n) is 7.67. The van der Waals surface area contributed by atoms with E-state index in [1.165, 1.54) is 5.56 Å². The molecule has 0 fully saturated rings.